The molecule has 0 spiro atoms. The Labute approximate surface area is 173 Å². The Bertz CT molecular complexity index is 1310. The van der Waals surface area contributed by atoms with E-state index in [-0.39, 0.29) is 17.6 Å². The van der Waals surface area contributed by atoms with Crippen LogP contribution in [0.4, 0.5) is 0 Å². The van der Waals surface area contributed by atoms with Crippen molar-refractivity contribution in [3.63, 3.8) is 0 Å². The number of aromatic amines is 1. The van der Waals surface area contributed by atoms with Gasteiger partial charge in [0.05, 0.1) is 34.1 Å². The summed E-state index contributed by atoms with van der Waals surface area (Å²) in [5.41, 5.74) is 2.77. The second-order valence-corrected chi connectivity index (χ2v) is 10.5. The van der Waals surface area contributed by atoms with Gasteiger partial charge in [-0.3, -0.25) is 4.40 Å². The van der Waals surface area contributed by atoms with Crippen molar-refractivity contribution in [1.29, 1.82) is 0 Å². The Morgan fingerprint density at radius 2 is 2.03 bits per heavy atom. The third kappa shape index (κ3) is 3.22. The van der Waals surface area contributed by atoms with Gasteiger partial charge in [-0.05, 0) is 48.9 Å². The van der Waals surface area contributed by atoms with Gasteiger partial charge in [0, 0.05) is 17.1 Å². The monoisotopic (exact) mass is 428 g/mol. The first kappa shape index (κ1) is 18.6. The number of aromatic nitrogens is 4. The molecule has 0 unspecified atom stereocenters. The van der Waals surface area contributed by atoms with Gasteiger partial charge in [-0.2, -0.15) is 0 Å². The number of halogens is 1. The Morgan fingerprint density at radius 3 is 2.86 bits per heavy atom. The van der Waals surface area contributed by atoms with Gasteiger partial charge in [-0.25, -0.2) is 18.4 Å². The van der Waals surface area contributed by atoms with E-state index in [0.29, 0.717) is 15.8 Å². The standard InChI is InChI=1S/C21H21ClN4O2S/c1-13-7-14(12-29(27,28)17-4-2-3-15(22)9-17)8-18(13)21-25-11-16-10-24-20-19(26(16)21)5-6-23-20/h2-6,9-11,13-14,18,23H,7-8,12H2,1H3/t13-,14+,18+/m1/s1. The minimum absolute atomic E-state index is 0.0925. The smallest absolute Gasteiger partial charge is 0.178 e. The lowest BCUT2D eigenvalue weighted by Gasteiger charge is -2.14. The number of benzene rings is 1. The predicted octanol–water partition coefficient (Wildman–Crippen LogP) is 4.47. The van der Waals surface area contributed by atoms with Crippen LogP contribution in [0.25, 0.3) is 16.7 Å². The minimum atomic E-state index is -3.38. The highest BCUT2D eigenvalue weighted by molar-refractivity contribution is 7.91. The molecule has 1 aliphatic carbocycles. The van der Waals surface area contributed by atoms with Gasteiger partial charge in [0.1, 0.15) is 5.82 Å². The highest BCUT2D eigenvalue weighted by atomic mass is 35.5. The zero-order valence-corrected chi connectivity index (χ0v) is 17.5. The van der Waals surface area contributed by atoms with Crippen LogP contribution in [0.15, 0.2) is 53.8 Å². The largest absolute Gasteiger partial charge is 0.345 e. The maximum absolute atomic E-state index is 12.9. The molecule has 3 heterocycles. The number of hydrogen-bond acceptors (Lipinski definition) is 4. The van der Waals surface area contributed by atoms with Crippen molar-refractivity contribution in [1.82, 2.24) is 19.4 Å². The quantitative estimate of drug-likeness (QED) is 0.520. The predicted molar refractivity (Wildman–Crippen MR) is 113 cm³/mol. The topological polar surface area (TPSA) is 80.1 Å². The summed E-state index contributed by atoms with van der Waals surface area (Å²) in [7, 11) is -3.38. The lowest BCUT2D eigenvalue weighted by atomic mass is 9.97. The maximum Gasteiger partial charge on any atom is 0.178 e. The summed E-state index contributed by atoms with van der Waals surface area (Å²) >= 11 is 5.99. The third-order valence-corrected chi connectivity index (χ3v) is 8.13. The molecule has 0 radical (unpaired) electrons. The first-order chi connectivity index (χ1) is 13.9. The number of hydrogen-bond donors (Lipinski definition) is 1. The number of nitrogens with zero attached hydrogens (tertiary/aromatic N) is 3. The van der Waals surface area contributed by atoms with E-state index < -0.39 is 9.84 Å². The highest BCUT2D eigenvalue weighted by Crippen LogP contribution is 2.44. The van der Waals surface area contributed by atoms with E-state index in [2.05, 4.69) is 21.3 Å². The van der Waals surface area contributed by atoms with E-state index in [4.69, 9.17) is 16.6 Å². The zero-order valence-electron chi connectivity index (χ0n) is 15.9. The first-order valence-corrected chi connectivity index (χ1v) is 11.7. The molecule has 1 fully saturated rings. The molecule has 8 heteroatoms. The minimum Gasteiger partial charge on any atom is -0.345 e. The van der Waals surface area contributed by atoms with Gasteiger partial charge < -0.3 is 4.98 Å². The lowest BCUT2D eigenvalue weighted by molar-refractivity contribution is 0.507. The van der Waals surface area contributed by atoms with Crippen LogP contribution in [0.3, 0.4) is 0 Å². The zero-order chi connectivity index (χ0) is 20.2. The van der Waals surface area contributed by atoms with E-state index in [1.165, 1.54) is 6.07 Å². The molecular formula is C21H21ClN4O2S. The summed E-state index contributed by atoms with van der Waals surface area (Å²) in [6.07, 6.45) is 7.20. The van der Waals surface area contributed by atoms with Crippen molar-refractivity contribution in [2.75, 3.05) is 5.75 Å². The van der Waals surface area contributed by atoms with Crippen molar-refractivity contribution < 1.29 is 8.42 Å². The fourth-order valence-corrected chi connectivity index (χ4v) is 6.64. The number of fused-ring (bicyclic) bond motifs is 3. The Kier molecular flexibility index (Phi) is 4.40. The van der Waals surface area contributed by atoms with Crippen LogP contribution in [0, 0.1) is 11.8 Å². The first-order valence-electron chi connectivity index (χ1n) is 9.70. The number of rotatable bonds is 4. The number of H-pyrrole nitrogens is 1. The second kappa shape index (κ2) is 6.85. The molecule has 1 aromatic carbocycles. The van der Waals surface area contributed by atoms with Crippen molar-refractivity contribution in [2.45, 2.75) is 30.6 Å². The molecule has 1 N–H and O–H groups in total. The molecule has 3 atom stereocenters. The summed E-state index contributed by atoms with van der Waals surface area (Å²) in [4.78, 5) is 12.6. The summed E-state index contributed by atoms with van der Waals surface area (Å²) < 4.78 is 27.9. The number of sulfone groups is 1. The molecular weight excluding hydrogens is 408 g/mol. The average Bonchev–Trinajstić information content (AvgIpc) is 3.38. The molecule has 150 valence electrons. The highest BCUT2D eigenvalue weighted by Gasteiger charge is 2.37. The van der Waals surface area contributed by atoms with Gasteiger partial charge >= 0.3 is 0 Å². The molecule has 0 amide bonds. The van der Waals surface area contributed by atoms with Gasteiger partial charge in [0.15, 0.2) is 15.5 Å². The van der Waals surface area contributed by atoms with E-state index >= 15 is 0 Å². The molecule has 29 heavy (non-hydrogen) atoms. The average molecular weight is 429 g/mol. The van der Waals surface area contributed by atoms with Crippen molar-refractivity contribution in [3.8, 4) is 0 Å². The molecule has 1 saturated carbocycles. The molecule has 1 aliphatic rings. The number of nitrogens with one attached hydrogen (secondary N) is 1. The van der Waals surface area contributed by atoms with Crippen LogP contribution in [-0.4, -0.2) is 33.5 Å². The van der Waals surface area contributed by atoms with Gasteiger partial charge in [-0.1, -0.05) is 24.6 Å². The van der Waals surface area contributed by atoms with Crippen LogP contribution in [0.1, 0.15) is 31.5 Å². The molecule has 5 rings (SSSR count). The van der Waals surface area contributed by atoms with Crippen LogP contribution in [0.5, 0.6) is 0 Å². The van der Waals surface area contributed by atoms with Gasteiger partial charge in [-0.15, -0.1) is 0 Å². The number of imidazole rings is 1. The van der Waals surface area contributed by atoms with E-state index in [1.54, 1.807) is 18.2 Å². The fraction of sp³-hybridized carbons (Fsp3) is 0.333. The van der Waals surface area contributed by atoms with E-state index in [1.807, 2.05) is 24.7 Å². The van der Waals surface area contributed by atoms with Gasteiger partial charge in [0.2, 0.25) is 0 Å². The lowest BCUT2D eigenvalue weighted by Crippen LogP contribution is -2.14. The van der Waals surface area contributed by atoms with Gasteiger partial charge in [0.25, 0.3) is 0 Å². The summed E-state index contributed by atoms with van der Waals surface area (Å²) in [5, 5.41) is 0.441. The van der Waals surface area contributed by atoms with Crippen LogP contribution in [0.2, 0.25) is 5.02 Å². The molecule has 0 aliphatic heterocycles. The van der Waals surface area contributed by atoms with Crippen molar-refractivity contribution >= 4 is 38.1 Å². The Hall–Kier alpha value is -2.38. The summed E-state index contributed by atoms with van der Waals surface area (Å²) in [6.45, 7) is 2.19. The molecule has 6 nitrogen and oxygen atoms in total. The second-order valence-electron chi connectivity index (χ2n) is 8.01. The normalized spacial score (nSPS) is 22.6. The maximum atomic E-state index is 12.9. The van der Waals surface area contributed by atoms with Crippen molar-refractivity contribution in [2.24, 2.45) is 11.8 Å². The molecule has 0 bridgehead atoms. The van der Waals surface area contributed by atoms with Crippen LogP contribution >= 0.6 is 11.6 Å². The third-order valence-electron chi connectivity index (χ3n) is 6.01. The molecule has 0 saturated heterocycles. The van der Waals surface area contributed by atoms with E-state index in [9.17, 15) is 8.42 Å². The van der Waals surface area contributed by atoms with Crippen LogP contribution < -0.4 is 0 Å². The summed E-state index contributed by atoms with van der Waals surface area (Å²) in [5.74, 6) is 1.77. The summed E-state index contributed by atoms with van der Waals surface area (Å²) in [6, 6.07) is 8.52. The Morgan fingerprint density at radius 1 is 1.21 bits per heavy atom. The fourth-order valence-electron chi connectivity index (χ4n) is 4.70. The molecule has 4 aromatic rings. The van der Waals surface area contributed by atoms with E-state index in [0.717, 1.165) is 35.3 Å². The van der Waals surface area contributed by atoms with Crippen LogP contribution in [-0.2, 0) is 9.84 Å². The molecule has 3 aromatic heterocycles. The Balaban J connectivity index is 1.45. The van der Waals surface area contributed by atoms with Crippen molar-refractivity contribution in [3.05, 3.63) is 59.8 Å². The SMILES string of the molecule is C[C@@H]1C[C@H](CS(=O)(=O)c2cccc(Cl)c2)C[C@@H]1c1ncc2cnc3[nH]ccc3n12.